The van der Waals surface area contributed by atoms with Gasteiger partial charge < -0.3 is 24.6 Å². The summed E-state index contributed by atoms with van der Waals surface area (Å²) >= 11 is 0. The number of nitrogens with one attached hydrogen (secondary N) is 1. The lowest BCUT2D eigenvalue weighted by molar-refractivity contribution is 0.0113. The van der Waals surface area contributed by atoms with Crippen molar-refractivity contribution in [3.05, 3.63) is 36.3 Å². The fourth-order valence-corrected chi connectivity index (χ4v) is 5.78. The van der Waals surface area contributed by atoms with Gasteiger partial charge in [-0.1, -0.05) is 0 Å². The Morgan fingerprint density at radius 1 is 1.00 bits per heavy atom. The Hall–Kier alpha value is -4.35. The van der Waals surface area contributed by atoms with E-state index in [4.69, 9.17) is 14.5 Å². The number of methoxy groups -OCH3 is 1. The number of piperidine rings is 1. The molecule has 0 unspecified atom stereocenters. The third-order valence-electron chi connectivity index (χ3n) is 7.78. The van der Waals surface area contributed by atoms with Crippen molar-refractivity contribution in [3.63, 3.8) is 0 Å². The van der Waals surface area contributed by atoms with Crippen LogP contribution >= 0.6 is 0 Å². The van der Waals surface area contributed by atoms with Crippen molar-refractivity contribution in [1.29, 1.82) is 0 Å². The molecule has 4 heterocycles. The Balaban J connectivity index is 1.22. The molecule has 222 valence electrons. The maximum absolute atomic E-state index is 13.5. The van der Waals surface area contributed by atoms with E-state index in [1.165, 1.54) is 0 Å². The van der Waals surface area contributed by atoms with Crippen LogP contribution in [0.3, 0.4) is 0 Å². The fourth-order valence-electron chi connectivity index (χ4n) is 5.78. The number of hydrogen-bond donors (Lipinski definition) is 1. The zero-order chi connectivity index (χ0) is 29.8. The highest BCUT2D eigenvalue weighted by molar-refractivity contribution is 6.14. The third-order valence-corrected chi connectivity index (χ3v) is 7.78. The second kappa shape index (κ2) is 10.5. The van der Waals surface area contributed by atoms with E-state index >= 15 is 0 Å². The van der Waals surface area contributed by atoms with Crippen molar-refractivity contribution >= 4 is 45.3 Å². The molecule has 1 aliphatic heterocycles. The number of fused-ring (bicyclic) bond motifs is 2. The van der Waals surface area contributed by atoms with Gasteiger partial charge in [0.05, 0.1) is 29.3 Å². The zero-order valence-corrected chi connectivity index (χ0v) is 25.0. The number of carbonyl (C=O) groups excluding carboxylic acids is 2. The Morgan fingerprint density at radius 3 is 2.36 bits per heavy atom. The zero-order valence-electron chi connectivity index (χ0n) is 25.0. The molecule has 12 heteroatoms. The summed E-state index contributed by atoms with van der Waals surface area (Å²) in [5, 5.41) is 13.7. The quantitative estimate of drug-likeness (QED) is 0.358. The van der Waals surface area contributed by atoms with Crippen LogP contribution in [0.4, 0.5) is 16.3 Å². The minimum atomic E-state index is -0.522. The summed E-state index contributed by atoms with van der Waals surface area (Å²) in [6.07, 6.45) is 8.86. The van der Waals surface area contributed by atoms with E-state index in [0.717, 1.165) is 60.9 Å². The fraction of sp³-hybridized carbons (Fsp3) is 0.500. The molecule has 1 aromatic carbocycles. The SMILES string of the molecule is COc1cc2nn(C)cc2cc1NC(=O)c1cnc(N2CCC(N(C(=O)OC(C)(C)C)C3CC3)CC2)c2cn(C)nc12. The summed E-state index contributed by atoms with van der Waals surface area (Å²) in [5.41, 5.74) is 1.76. The summed E-state index contributed by atoms with van der Waals surface area (Å²) in [4.78, 5) is 35.5. The average molecular weight is 575 g/mol. The molecular formula is C30H38N8O4. The van der Waals surface area contributed by atoms with E-state index < -0.39 is 5.60 Å². The highest BCUT2D eigenvalue weighted by Crippen LogP contribution is 2.36. The molecule has 0 atom stereocenters. The summed E-state index contributed by atoms with van der Waals surface area (Å²) in [5.74, 6) is 0.985. The van der Waals surface area contributed by atoms with Gasteiger partial charge in [0.1, 0.15) is 22.7 Å². The molecule has 42 heavy (non-hydrogen) atoms. The van der Waals surface area contributed by atoms with E-state index in [1.54, 1.807) is 28.7 Å². The highest BCUT2D eigenvalue weighted by Gasteiger charge is 2.41. The molecule has 1 saturated heterocycles. The summed E-state index contributed by atoms with van der Waals surface area (Å²) in [7, 11) is 5.25. The molecule has 6 rings (SSSR count). The number of aromatic nitrogens is 5. The van der Waals surface area contributed by atoms with E-state index in [0.29, 0.717) is 22.5 Å². The van der Waals surface area contributed by atoms with Gasteiger partial charge in [0.15, 0.2) is 0 Å². The van der Waals surface area contributed by atoms with Gasteiger partial charge in [-0.25, -0.2) is 9.78 Å². The standard InChI is InChI=1S/C30H38N8O4/c1-30(2,3)42-29(40)38(19-7-8-19)20-9-11-37(12-10-20)27-22-17-36(5)34-26(22)21(15-31-27)28(39)32-24-13-18-16-35(4)33-23(18)14-25(24)41-6/h13-17,19-20H,7-12H2,1-6H3,(H,32,39). The molecule has 1 saturated carbocycles. The van der Waals surface area contributed by atoms with Crippen LogP contribution in [0.25, 0.3) is 21.8 Å². The number of hydrogen-bond acceptors (Lipinski definition) is 8. The molecule has 0 bridgehead atoms. The maximum atomic E-state index is 13.5. The van der Waals surface area contributed by atoms with Gasteiger partial charge in [-0.15, -0.1) is 0 Å². The molecule has 2 fully saturated rings. The minimum Gasteiger partial charge on any atom is -0.494 e. The molecule has 12 nitrogen and oxygen atoms in total. The number of benzene rings is 1. The topological polar surface area (TPSA) is 120 Å². The molecule has 3 aromatic heterocycles. The molecule has 2 aliphatic rings. The average Bonchev–Trinajstić information content (AvgIpc) is 3.56. The van der Waals surface area contributed by atoms with E-state index in [2.05, 4.69) is 20.4 Å². The van der Waals surface area contributed by atoms with Gasteiger partial charge >= 0.3 is 6.09 Å². The Morgan fingerprint density at radius 2 is 1.69 bits per heavy atom. The first-order chi connectivity index (χ1) is 20.0. The van der Waals surface area contributed by atoms with Crippen molar-refractivity contribution in [2.45, 2.75) is 64.1 Å². The van der Waals surface area contributed by atoms with E-state index in [9.17, 15) is 9.59 Å². The summed E-state index contributed by atoms with van der Waals surface area (Å²) in [6.45, 7) is 7.19. The lowest BCUT2D eigenvalue weighted by Crippen LogP contribution is -2.50. The van der Waals surface area contributed by atoms with Crippen LogP contribution in [0.15, 0.2) is 30.7 Å². The summed E-state index contributed by atoms with van der Waals surface area (Å²) < 4.78 is 14.7. The molecule has 1 N–H and O–H groups in total. The van der Waals surface area contributed by atoms with Crippen LogP contribution in [0.1, 0.15) is 56.8 Å². The highest BCUT2D eigenvalue weighted by atomic mass is 16.6. The van der Waals surface area contributed by atoms with Gasteiger partial charge in [-0.3, -0.25) is 14.2 Å². The van der Waals surface area contributed by atoms with Crippen molar-refractivity contribution in [2.75, 3.05) is 30.4 Å². The number of anilines is 2. The van der Waals surface area contributed by atoms with Crippen LogP contribution < -0.4 is 15.0 Å². The molecule has 1 aliphatic carbocycles. The van der Waals surface area contributed by atoms with Gasteiger partial charge in [0.25, 0.3) is 5.91 Å². The van der Waals surface area contributed by atoms with Gasteiger partial charge in [-0.05, 0) is 52.5 Å². The monoisotopic (exact) mass is 574 g/mol. The number of rotatable bonds is 6. The van der Waals surface area contributed by atoms with Crippen LogP contribution in [0.5, 0.6) is 5.75 Å². The number of pyridine rings is 1. The van der Waals surface area contributed by atoms with Gasteiger partial charge in [0.2, 0.25) is 0 Å². The smallest absolute Gasteiger partial charge is 0.410 e. The molecule has 0 radical (unpaired) electrons. The Labute approximate surface area is 244 Å². The molecular weight excluding hydrogens is 536 g/mol. The lowest BCUT2D eigenvalue weighted by Gasteiger charge is -2.39. The van der Waals surface area contributed by atoms with Crippen LogP contribution in [-0.2, 0) is 18.8 Å². The van der Waals surface area contributed by atoms with Gasteiger partial charge in [-0.2, -0.15) is 10.2 Å². The van der Waals surface area contributed by atoms with Crippen molar-refractivity contribution in [2.24, 2.45) is 14.1 Å². The number of aryl methyl sites for hydroxylation is 2. The first-order valence-electron chi connectivity index (χ1n) is 14.4. The van der Waals surface area contributed by atoms with Crippen molar-refractivity contribution in [3.8, 4) is 5.75 Å². The largest absolute Gasteiger partial charge is 0.494 e. The molecule has 0 spiro atoms. The van der Waals surface area contributed by atoms with Crippen LogP contribution in [0.2, 0.25) is 0 Å². The second-order valence-corrected chi connectivity index (χ2v) is 12.3. The number of carbonyl (C=O) groups is 2. The lowest BCUT2D eigenvalue weighted by atomic mass is 10.0. The van der Waals surface area contributed by atoms with Crippen molar-refractivity contribution < 1.29 is 19.1 Å². The van der Waals surface area contributed by atoms with Crippen LogP contribution in [0, 0.1) is 0 Å². The predicted octanol–water partition coefficient (Wildman–Crippen LogP) is 4.48. The van der Waals surface area contributed by atoms with Crippen LogP contribution in [-0.4, -0.2) is 79.3 Å². The number of nitrogens with zero attached hydrogens (tertiary/aromatic N) is 7. The summed E-state index contributed by atoms with van der Waals surface area (Å²) in [6, 6.07) is 4.06. The normalized spacial score (nSPS) is 16.2. The first kappa shape index (κ1) is 27.8. The minimum absolute atomic E-state index is 0.130. The second-order valence-electron chi connectivity index (χ2n) is 12.3. The predicted molar refractivity (Wildman–Crippen MR) is 160 cm³/mol. The maximum Gasteiger partial charge on any atom is 0.410 e. The number of ether oxygens (including phenoxy) is 2. The number of amides is 2. The first-order valence-corrected chi connectivity index (χ1v) is 14.4. The van der Waals surface area contributed by atoms with Crippen molar-refractivity contribution in [1.82, 2.24) is 29.4 Å². The van der Waals surface area contributed by atoms with E-state index in [1.807, 2.05) is 58.2 Å². The molecule has 2 amide bonds. The van der Waals surface area contributed by atoms with E-state index in [-0.39, 0.29) is 24.1 Å². The molecule has 4 aromatic rings. The Bertz CT molecular complexity index is 1660. The third kappa shape index (κ3) is 5.45. The Kier molecular flexibility index (Phi) is 6.94. The van der Waals surface area contributed by atoms with Gasteiger partial charge in [0, 0.05) is 69.3 Å².